The Bertz CT molecular complexity index is 901. The number of aryl methyl sites for hydroxylation is 1. The van der Waals surface area contributed by atoms with Crippen LogP contribution in [0.2, 0.25) is 15.3 Å². The van der Waals surface area contributed by atoms with Crippen molar-refractivity contribution in [3.8, 4) is 5.75 Å². The van der Waals surface area contributed by atoms with Crippen LogP contribution in [0.4, 0.5) is 0 Å². The number of aromatic nitrogens is 1. The number of hydrogen-bond donors (Lipinski definition) is 0. The van der Waals surface area contributed by atoms with E-state index in [1.807, 2.05) is 54.5 Å². The molecule has 3 aromatic rings. The molecule has 2 heterocycles. The van der Waals surface area contributed by atoms with E-state index in [4.69, 9.17) is 44.4 Å². The summed E-state index contributed by atoms with van der Waals surface area (Å²) in [5, 5.41) is 3.52. The fraction of sp³-hybridized carbons (Fsp3) is 0.227. The van der Waals surface area contributed by atoms with Gasteiger partial charge in [0.1, 0.15) is 22.2 Å². The van der Waals surface area contributed by atoms with Crippen molar-refractivity contribution >= 4 is 34.8 Å². The highest BCUT2D eigenvalue weighted by atomic mass is 35.5. The molecule has 4 rings (SSSR count). The Morgan fingerprint density at radius 3 is 2.28 bits per heavy atom. The lowest BCUT2D eigenvalue weighted by molar-refractivity contribution is -0.148. The van der Waals surface area contributed by atoms with Crippen LogP contribution in [-0.4, -0.2) is 23.7 Å². The van der Waals surface area contributed by atoms with Crippen molar-refractivity contribution in [3.05, 3.63) is 92.7 Å². The molecule has 1 aromatic heterocycles. The van der Waals surface area contributed by atoms with Crippen LogP contribution < -0.4 is 4.74 Å². The minimum Gasteiger partial charge on any atom is -0.484 e. The molecule has 2 aromatic carbocycles. The van der Waals surface area contributed by atoms with Crippen molar-refractivity contribution in [2.24, 2.45) is 0 Å². The molecule has 0 saturated heterocycles. The van der Waals surface area contributed by atoms with Gasteiger partial charge in [0.15, 0.2) is 0 Å². The van der Waals surface area contributed by atoms with Gasteiger partial charge in [0.2, 0.25) is 0 Å². The zero-order chi connectivity index (χ0) is 20.8. The van der Waals surface area contributed by atoms with Gasteiger partial charge in [-0.25, -0.2) is 4.98 Å². The van der Waals surface area contributed by atoms with Crippen LogP contribution in [0, 0.1) is 6.92 Å². The SMILES string of the molecule is CON1Cc2ccccc2OC(c2ccc(Cl)cc2)C1.Cc1cc(Cl)nc(Cl)c1. The van der Waals surface area contributed by atoms with Crippen LogP contribution in [-0.2, 0) is 11.4 Å². The molecule has 0 radical (unpaired) electrons. The first-order valence-electron chi connectivity index (χ1n) is 9.03. The maximum absolute atomic E-state index is 6.15. The molecule has 1 aliphatic rings. The van der Waals surface area contributed by atoms with E-state index in [2.05, 4.69) is 11.1 Å². The van der Waals surface area contributed by atoms with Crippen LogP contribution in [0.3, 0.4) is 0 Å². The Balaban J connectivity index is 0.000000224. The van der Waals surface area contributed by atoms with Gasteiger partial charge in [-0.05, 0) is 48.4 Å². The maximum Gasteiger partial charge on any atom is 0.139 e. The average Bonchev–Trinajstić information content (AvgIpc) is 2.87. The predicted molar refractivity (Wildman–Crippen MR) is 118 cm³/mol. The molecule has 0 N–H and O–H groups in total. The van der Waals surface area contributed by atoms with Crippen LogP contribution in [0.1, 0.15) is 22.8 Å². The Kier molecular flexibility index (Phi) is 7.76. The normalized spacial score (nSPS) is 16.1. The fourth-order valence-corrected chi connectivity index (χ4v) is 3.65. The summed E-state index contributed by atoms with van der Waals surface area (Å²) in [5.41, 5.74) is 3.25. The molecule has 0 spiro atoms. The van der Waals surface area contributed by atoms with Crippen molar-refractivity contribution in [1.82, 2.24) is 10.0 Å². The number of fused-ring (bicyclic) bond motifs is 1. The summed E-state index contributed by atoms with van der Waals surface area (Å²) in [5.74, 6) is 0.909. The third-order valence-corrected chi connectivity index (χ3v) is 5.00. The molecular weight excluding hydrogens is 431 g/mol. The number of nitrogens with zero attached hydrogens (tertiary/aromatic N) is 2. The van der Waals surface area contributed by atoms with Gasteiger partial charge in [-0.3, -0.25) is 0 Å². The summed E-state index contributed by atoms with van der Waals surface area (Å²) in [6, 6.07) is 19.3. The first-order chi connectivity index (χ1) is 13.9. The largest absolute Gasteiger partial charge is 0.484 e. The second kappa shape index (κ2) is 10.3. The maximum atomic E-state index is 6.15. The van der Waals surface area contributed by atoms with Crippen molar-refractivity contribution in [2.45, 2.75) is 19.6 Å². The third kappa shape index (κ3) is 6.33. The minimum absolute atomic E-state index is 0.0733. The summed E-state index contributed by atoms with van der Waals surface area (Å²) in [4.78, 5) is 9.20. The molecule has 1 atom stereocenters. The number of hydroxylamine groups is 2. The topological polar surface area (TPSA) is 34.6 Å². The van der Waals surface area contributed by atoms with Gasteiger partial charge in [-0.15, -0.1) is 0 Å². The minimum atomic E-state index is -0.0733. The van der Waals surface area contributed by atoms with E-state index in [0.29, 0.717) is 16.9 Å². The van der Waals surface area contributed by atoms with Gasteiger partial charge in [-0.1, -0.05) is 65.1 Å². The number of hydrogen-bond acceptors (Lipinski definition) is 4. The summed E-state index contributed by atoms with van der Waals surface area (Å²) >= 11 is 17.1. The zero-order valence-electron chi connectivity index (χ0n) is 16.1. The second-order valence-corrected chi connectivity index (χ2v) is 7.77. The summed E-state index contributed by atoms with van der Waals surface area (Å²) in [7, 11) is 1.69. The van der Waals surface area contributed by atoms with Gasteiger partial charge in [0, 0.05) is 10.6 Å². The number of para-hydroxylation sites is 1. The van der Waals surface area contributed by atoms with Crippen molar-refractivity contribution in [2.75, 3.05) is 13.7 Å². The molecule has 29 heavy (non-hydrogen) atoms. The van der Waals surface area contributed by atoms with Crippen LogP contribution in [0.15, 0.2) is 60.7 Å². The van der Waals surface area contributed by atoms with E-state index in [1.165, 1.54) is 0 Å². The number of benzene rings is 2. The predicted octanol–water partition coefficient (Wildman–Crippen LogP) is 6.53. The molecule has 152 valence electrons. The third-order valence-electron chi connectivity index (χ3n) is 4.37. The Morgan fingerprint density at radius 2 is 1.66 bits per heavy atom. The van der Waals surface area contributed by atoms with E-state index < -0.39 is 0 Å². The quantitative estimate of drug-likeness (QED) is 0.415. The highest BCUT2D eigenvalue weighted by Crippen LogP contribution is 2.31. The lowest BCUT2D eigenvalue weighted by atomic mass is 10.1. The lowest BCUT2D eigenvalue weighted by Crippen LogP contribution is -2.27. The fourth-order valence-electron chi connectivity index (χ4n) is 2.95. The van der Waals surface area contributed by atoms with Crippen molar-refractivity contribution in [1.29, 1.82) is 0 Å². The Hall–Kier alpha value is -1.82. The standard InChI is InChI=1S/C16H16ClNO2.C6H5Cl2N/c1-19-18-10-13-4-2-3-5-15(13)20-16(11-18)12-6-8-14(17)9-7-12;1-4-2-5(7)9-6(8)3-4/h2-9,16H,10-11H2,1H3;2-3H,1H3. The summed E-state index contributed by atoms with van der Waals surface area (Å²) < 4.78 is 6.15. The molecule has 4 nitrogen and oxygen atoms in total. The van der Waals surface area contributed by atoms with E-state index in [-0.39, 0.29) is 6.10 Å². The molecule has 1 unspecified atom stereocenters. The number of rotatable bonds is 2. The van der Waals surface area contributed by atoms with Crippen LogP contribution in [0.5, 0.6) is 5.75 Å². The zero-order valence-corrected chi connectivity index (χ0v) is 18.4. The molecule has 7 heteroatoms. The molecule has 0 amide bonds. The number of pyridine rings is 1. The van der Waals surface area contributed by atoms with Crippen LogP contribution in [0.25, 0.3) is 0 Å². The van der Waals surface area contributed by atoms with Gasteiger partial charge < -0.3 is 9.57 Å². The summed E-state index contributed by atoms with van der Waals surface area (Å²) in [6.07, 6.45) is -0.0733. The first kappa shape index (κ1) is 21.9. The van der Waals surface area contributed by atoms with E-state index in [1.54, 1.807) is 19.2 Å². The van der Waals surface area contributed by atoms with Crippen molar-refractivity contribution < 1.29 is 9.57 Å². The molecule has 0 bridgehead atoms. The number of ether oxygens (including phenoxy) is 1. The molecule has 1 aliphatic heterocycles. The Labute approximate surface area is 185 Å². The van der Waals surface area contributed by atoms with E-state index >= 15 is 0 Å². The van der Waals surface area contributed by atoms with Gasteiger partial charge in [0.25, 0.3) is 0 Å². The molecule has 0 aliphatic carbocycles. The van der Waals surface area contributed by atoms with E-state index in [9.17, 15) is 0 Å². The van der Waals surface area contributed by atoms with Crippen molar-refractivity contribution in [3.63, 3.8) is 0 Å². The Morgan fingerprint density at radius 1 is 1.00 bits per heavy atom. The highest BCUT2D eigenvalue weighted by molar-refractivity contribution is 6.32. The van der Waals surface area contributed by atoms with E-state index in [0.717, 1.165) is 34.0 Å². The lowest BCUT2D eigenvalue weighted by Gasteiger charge is -2.22. The molecule has 0 fully saturated rings. The first-order valence-corrected chi connectivity index (χ1v) is 10.2. The van der Waals surface area contributed by atoms with Gasteiger partial charge >= 0.3 is 0 Å². The molecular formula is C22H21Cl3N2O2. The smallest absolute Gasteiger partial charge is 0.139 e. The number of halogens is 3. The van der Waals surface area contributed by atoms with Gasteiger partial charge in [-0.2, -0.15) is 5.06 Å². The van der Waals surface area contributed by atoms with Gasteiger partial charge in [0.05, 0.1) is 20.2 Å². The van der Waals surface area contributed by atoms with Crippen LogP contribution >= 0.6 is 34.8 Å². The molecule has 0 saturated carbocycles. The second-order valence-electron chi connectivity index (χ2n) is 6.56. The highest BCUT2D eigenvalue weighted by Gasteiger charge is 2.24. The summed E-state index contributed by atoms with van der Waals surface area (Å²) in [6.45, 7) is 3.31. The average molecular weight is 452 g/mol. The monoisotopic (exact) mass is 450 g/mol.